The minimum absolute atomic E-state index is 0.0274. The highest BCUT2D eigenvalue weighted by atomic mass is 32.1. The topological polar surface area (TPSA) is 72.0 Å². The first-order chi connectivity index (χ1) is 15.6. The number of aryl methyl sites for hydroxylation is 1. The second kappa shape index (κ2) is 8.63. The van der Waals surface area contributed by atoms with Crippen molar-refractivity contribution in [3.05, 3.63) is 65.2 Å². The van der Waals surface area contributed by atoms with Gasteiger partial charge in [-0.05, 0) is 19.1 Å². The fraction of sp³-hybridized carbons (Fsp3) is 0.292. The third-order valence-electron chi connectivity index (χ3n) is 5.67. The van der Waals surface area contributed by atoms with E-state index in [9.17, 15) is 9.59 Å². The number of rotatable bonds is 3. The lowest BCUT2D eigenvalue weighted by Gasteiger charge is -2.37. The predicted octanol–water partition coefficient (Wildman–Crippen LogP) is 3.24. The summed E-state index contributed by atoms with van der Waals surface area (Å²) in [7, 11) is 0. The van der Waals surface area contributed by atoms with Crippen molar-refractivity contribution in [2.24, 2.45) is 0 Å². The molecule has 3 heterocycles. The second-order valence-corrected chi connectivity index (χ2v) is 8.78. The molecular weight excluding hydrogens is 426 g/mol. The Labute approximate surface area is 190 Å². The molecule has 0 N–H and O–H groups in total. The summed E-state index contributed by atoms with van der Waals surface area (Å²) in [6.07, 6.45) is -0.663. The summed E-state index contributed by atoms with van der Waals surface area (Å²) < 4.78 is 11.5. The van der Waals surface area contributed by atoms with E-state index in [-0.39, 0.29) is 18.4 Å². The van der Waals surface area contributed by atoms with Crippen molar-refractivity contribution in [2.75, 3.05) is 32.8 Å². The fourth-order valence-electron chi connectivity index (χ4n) is 3.92. The van der Waals surface area contributed by atoms with Crippen molar-refractivity contribution in [3.8, 4) is 22.1 Å². The van der Waals surface area contributed by atoms with Crippen molar-refractivity contribution in [3.63, 3.8) is 0 Å². The molecule has 32 heavy (non-hydrogen) atoms. The summed E-state index contributed by atoms with van der Waals surface area (Å²) >= 11 is 1.42. The van der Waals surface area contributed by atoms with Crippen molar-refractivity contribution in [2.45, 2.75) is 13.0 Å². The molecule has 2 aromatic carbocycles. The van der Waals surface area contributed by atoms with Gasteiger partial charge in [0.1, 0.15) is 16.5 Å². The van der Waals surface area contributed by atoms with E-state index in [1.807, 2.05) is 55.5 Å². The number of para-hydroxylation sites is 2. The number of carbonyl (C=O) groups excluding carboxylic acids is 2. The van der Waals surface area contributed by atoms with E-state index in [0.29, 0.717) is 42.6 Å². The average Bonchev–Trinajstić information content (AvgIpc) is 3.25. The Bertz CT molecular complexity index is 1140. The summed E-state index contributed by atoms with van der Waals surface area (Å²) in [4.78, 5) is 34.9. The number of benzene rings is 2. The number of aromatic nitrogens is 1. The molecule has 3 aromatic rings. The molecule has 1 aromatic heterocycles. The number of piperazine rings is 1. The lowest BCUT2D eigenvalue weighted by molar-refractivity contribution is -0.142. The average molecular weight is 450 g/mol. The quantitative estimate of drug-likeness (QED) is 0.614. The number of fused-ring (bicyclic) bond motifs is 1. The van der Waals surface area contributed by atoms with Gasteiger partial charge in [0.2, 0.25) is 6.10 Å². The Balaban J connectivity index is 1.21. The molecule has 0 bridgehead atoms. The van der Waals surface area contributed by atoms with Crippen LogP contribution in [0.15, 0.2) is 54.6 Å². The lowest BCUT2D eigenvalue weighted by Crippen LogP contribution is -2.55. The Morgan fingerprint density at radius 2 is 1.59 bits per heavy atom. The largest absolute Gasteiger partial charge is 0.485 e. The molecule has 0 saturated carbocycles. The monoisotopic (exact) mass is 449 g/mol. The van der Waals surface area contributed by atoms with Gasteiger partial charge in [-0.25, -0.2) is 4.98 Å². The highest BCUT2D eigenvalue weighted by Crippen LogP contribution is 2.32. The highest BCUT2D eigenvalue weighted by Gasteiger charge is 2.34. The van der Waals surface area contributed by atoms with Gasteiger partial charge in [0.05, 0.1) is 5.69 Å². The Kier molecular flexibility index (Phi) is 5.53. The van der Waals surface area contributed by atoms with Crippen LogP contribution in [0.4, 0.5) is 0 Å². The number of hydrogen-bond acceptors (Lipinski definition) is 6. The van der Waals surface area contributed by atoms with Gasteiger partial charge in [-0.15, -0.1) is 11.3 Å². The lowest BCUT2D eigenvalue weighted by atomic mass is 10.2. The predicted molar refractivity (Wildman–Crippen MR) is 121 cm³/mol. The molecule has 7 nitrogen and oxygen atoms in total. The van der Waals surface area contributed by atoms with E-state index >= 15 is 0 Å². The first kappa shape index (κ1) is 20.5. The van der Waals surface area contributed by atoms with Crippen LogP contribution in [0.1, 0.15) is 15.4 Å². The Hall–Kier alpha value is -3.39. The summed E-state index contributed by atoms with van der Waals surface area (Å²) in [5, 5.41) is 0.843. The van der Waals surface area contributed by atoms with Crippen LogP contribution in [0.5, 0.6) is 11.5 Å². The van der Waals surface area contributed by atoms with E-state index in [4.69, 9.17) is 9.47 Å². The highest BCUT2D eigenvalue weighted by molar-refractivity contribution is 7.17. The summed E-state index contributed by atoms with van der Waals surface area (Å²) in [5.41, 5.74) is 1.75. The maximum Gasteiger partial charge on any atom is 0.267 e. The van der Waals surface area contributed by atoms with Crippen molar-refractivity contribution < 1.29 is 19.1 Å². The van der Waals surface area contributed by atoms with Crippen LogP contribution in [-0.2, 0) is 4.79 Å². The molecule has 1 fully saturated rings. The van der Waals surface area contributed by atoms with Gasteiger partial charge in [-0.2, -0.15) is 0 Å². The molecule has 164 valence electrons. The second-order valence-electron chi connectivity index (χ2n) is 7.78. The maximum absolute atomic E-state index is 13.1. The van der Waals surface area contributed by atoms with Crippen molar-refractivity contribution in [1.82, 2.24) is 14.8 Å². The number of nitrogens with zero attached hydrogens (tertiary/aromatic N) is 3. The van der Waals surface area contributed by atoms with Gasteiger partial charge in [0.15, 0.2) is 11.5 Å². The zero-order valence-corrected chi connectivity index (χ0v) is 18.5. The minimum atomic E-state index is -0.663. The van der Waals surface area contributed by atoms with E-state index < -0.39 is 6.10 Å². The molecule has 5 rings (SSSR count). The number of amides is 2. The van der Waals surface area contributed by atoms with Crippen LogP contribution < -0.4 is 9.47 Å². The number of carbonyl (C=O) groups is 2. The molecule has 0 spiro atoms. The SMILES string of the molecule is Cc1nc(-c2ccccc2)sc1C(=O)N1CCN(C(=O)C2COc3ccccc3O2)CC1. The van der Waals surface area contributed by atoms with Gasteiger partial charge in [-0.1, -0.05) is 42.5 Å². The van der Waals surface area contributed by atoms with E-state index in [0.717, 1.165) is 16.3 Å². The van der Waals surface area contributed by atoms with Crippen molar-refractivity contribution >= 4 is 23.2 Å². The molecule has 2 aliphatic heterocycles. The number of ether oxygens (including phenoxy) is 2. The molecule has 2 amide bonds. The molecule has 1 atom stereocenters. The molecule has 1 unspecified atom stereocenters. The molecule has 2 aliphatic rings. The molecule has 0 aliphatic carbocycles. The normalized spacial score (nSPS) is 17.8. The minimum Gasteiger partial charge on any atom is -0.485 e. The van der Waals surface area contributed by atoms with E-state index in [1.54, 1.807) is 15.9 Å². The van der Waals surface area contributed by atoms with Gasteiger partial charge in [0.25, 0.3) is 11.8 Å². The van der Waals surface area contributed by atoms with Crippen molar-refractivity contribution in [1.29, 1.82) is 0 Å². The van der Waals surface area contributed by atoms with Crippen LogP contribution in [0.25, 0.3) is 10.6 Å². The van der Waals surface area contributed by atoms with Gasteiger partial charge >= 0.3 is 0 Å². The summed E-state index contributed by atoms with van der Waals surface area (Å²) in [6, 6.07) is 17.2. The van der Waals surface area contributed by atoms with Crippen LogP contribution in [0, 0.1) is 6.92 Å². The fourth-order valence-corrected chi connectivity index (χ4v) is 4.96. The van der Waals surface area contributed by atoms with Crippen LogP contribution in [0.3, 0.4) is 0 Å². The van der Waals surface area contributed by atoms with Crippen LogP contribution >= 0.6 is 11.3 Å². The number of thiazole rings is 1. The zero-order valence-electron chi connectivity index (χ0n) is 17.7. The molecular formula is C24H23N3O4S. The summed E-state index contributed by atoms with van der Waals surface area (Å²) in [5.74, 6) is 1.11. The standard InChI is InChI=1S/C24H23N3O4S/c1-16-21(32-22(25-16)17-7-3-2-4-8-17)24(29)27-13-11-26(12-14-27)23(28)20-15-30-18-9-5-6-10-19(18)31-20/h2-10,20H,11-15H2,1H3. The summed E-state index contributed by atoms with van der Waals surface area (Å²) in [6.45, 7) is 3.95. The van der Waals surface area contributed by atoms with Gasteiger partial charge < -0.3 is 19.3 Å². The first-order valence-corrected chi connectivity index (χ1v) is 11.4. The van der Waals surface area contributed by atoms with Crippen LogP contribution in [0.2, 0.25) is 0 Å². The van der Waals surface area contributed by atoms with Gasteiger partial charge in [-0.3, -0.25) is 9.59 Å². The molecule has 0 radical (unpaired) electrons. The smallest absolute Gasteiger partial charge is 0.267 e. The third-order valence-corrected chi connectivity index (χ3v) is 6.87. The first-order valence-electron chi connectivity index (χ1n) is 10.6. The Morgan fingerprint density at radius 1 is 0.938 bits per heavy atom. The Morgan fingerprint density at radius 3 is 2.34 bits per heavy atom. The van der Waals surface area contributed by atoms with Gasteiger partial charge in [0, 0.05) is 31.7 Å². The maximum atomic E-state index is 13.1. The van der Waals surface area contributed by atoms with Crippen LogP contribution in [-0.4, -0.2) is 65.5 Å². The van der Waals surface area contributed by atoms with E-state index in [2.05, 4.69) is 4.98 Å². The molecule has 8 heteroatoms. The van der Waals surface area contributed by atoms with E-state index in [1.165, 1.54) is 11.3 Å². The molecule has 1 saturated heterocycles. The third kappa shape index (κ3) is 3.93. The number of hydrogen-bond donors (Lipinski definition) is 0. The zero-order chi connectivity index (χ0) is 22.1.